The Morgan fingerprint density at radius 1 is 1.48 bits per heavy atom. The molecule has 1 saturated heterocycles. The summed E-state index contributed by atoms with van der Waals surface area (Å²) in [7, 11) is 0. The van der Waals surface area contributed by atoms with Crippen LogP contribution in [0, 0.1) is 10.1 Å². The van der Waals surface area contributed by atoms with Crippen LogP contribution in [0.3, 0.4) is 0 Å². The maximum atomic E-state index is 11.0. The van der Waals surface area contributed by atoms with E-state index < -0.39 is 10.6 Å². The smallest absolute Gasteiger partial charge is 0.353 e. The summed E-state index contributed by atoms with van der Waals surface area (Å²) in [5.41, 5.74) is 5.21. The lowest BCUT2D eigenvalue weighted by atomic mass is 10.2. The number of aliphatic hydroxyl groups excluding tert-OH is 1. The molecule has 0 aromatic carbocycles. The summed E-state index contributed by atoms with van der Waals surface area (Å²) in [6.07, 6.45) is 2.04. The van der Waals surface area contributed by atoms with Crippen molar-refractivity contribution in [2.45, 2.75) is 18.9 Å². The number of nitrogens with two attached hydrogens (primary N) is 1. The molecule has 0 aliphatic carbocycles. The van der Waals surface area contributed by atoms with E-state index in [-0.39, 0.29) is 36.8 Å². The monoisotopic (exact) mass is 298 g/mol. The molecular weight excluding hydrogens is 280 g/mol. The fraction of sp³-hybridized carbons (Fsp3) is 0.636. The van der Waals surface area contributed by atoms with E-state index in [0.717, 1.165) is 19.4 Å². The van der Waals surface area contributed by atoms with Gasteiger partial charge in [0.1, 0.15) is 0 Å². The molecule has 1 atom stereocenters. The minimum atomic E-state index is -0.654. The van der Waals surface area contributed by atoms with E-state index >= 15 is 0 Å². The van der Waals surface area contributed by atoms with Gasteiger partial charge < -0.3 is 26.2 Å². The molecular formula is C11H18N6O4. The minimum Gasteiger partial charge on any atom is -0.395 e. The lowest BCUT2D eigenvalue weighted by molar-refractivity contribution is -0.383. The van der Waals surface area contributed by atoms with Gasteiger partial charge in [0.2, 0.25) is 17.6 Å². The number of anilines is 3. The van der Waals surface area contributed by atoms with E-state index in [1.54, 1.807) is 0 Å². The van der Waals surface area contributed by atoms with Crippen molar-refractivity contribution >= 4 is 23.3 Å². The summed E-state index contributed by atoms with van der Waals surface area (Å²) >= 11 is 0. The first kappa shape index (κ1) is 15.2. The summed E-state index contributed by atoms with van der Waals surface area (Å²) in [5, 5.41) is 25.4. The molecule has 0 radical (unpaired) electrons. The first-order valence-corrected chi connectivity index (χ1v) is 6.64. The zero-order chi connectivity index (χ0) is 15.2. The van der Waals surface area contributed by atoms with Crippen LogP contribution < -0.4 is 16.4 Å². The average molecular weight is 298 g/mol. The number of hydrogen-bond acceptors (Lipinski definition) is 9. The normalized spacial score (nSPS) is 17.7. The Balaban J connectivity index is 2.13. The van der Waals surface area contributed by atoms with Gasteiger partial charge in [-0.1, -0.05) is 0 Å². The number of aliphatic hydroxyl groups is 1. The van der Waals surface area contributed by atoms with E-state index in [1.165, 1.54) is 0 Å². The Labute approximate surface area is 120 Å². The second-order valence-corrected chi connectivity index (χ2v) is 4.55. The lowest BCUT2D eigenvalue weighted by Gasteiger charge is -2.12. The molecule has 0 saturated carbocycles. The highest BCUT2D eigenvalue weighted by atomic mass is 16.6. The summed E-state index contributed by atoms with van der Waals surface area (Å²) in [5.74, 6) is -0.0595. The Morgan fingerprint density at radius 3 is 2.90 bits per heavy atom. The van der Waals surface area contributed by atoms with Gasteiger partial charge in [-0.2, -0.15) is 9.97 Å². The van der Waals surface area contributed by atoms with Crippen molar-refractivity contribution in [3.05, 3.63) is 10.1 Å². The van der Waals surface area contributed by atoms with E-state index in [1.807, 2.05) is 0 Å². The van der Waals surface area contributed by atoms with E-state index in [4.69, 9.17) is 15.6 Å². The molecule has 1 aromatic heterocycles. The van der Waals surface area contributed by atoms with Gasteiger partial charge in [-0.15, -0.1) is 0 Å². The number of nitro groups is 1. The first-order valence-electron chi connectivity index (χ1n) is 6.64. The van der Waals surface area contributed by atoms with Gasteiger partial charge in [0.05, 0.1) is 17.6 Å². The topological polar surface area (TPSA) is 148 Å². The quantitative estimate of drug-likeness (QED) is 0.402. The van der Waals surface area contributed by atoms with Crippen LogP contribution in [0.15, 0.2) is 0 Å². The molecule has 0 amide bonds. The molecule has 10 heteroatoms. The Morgan fingerprint density at radius 2 is 2.29 bits per heavy atom. The van der Waals surface area contributed by atoms with Crippen molar-refractivity contribution in [1.82, 2.24) is 9.97 Å². The molecule has 21 heavy (non-hydrogen) atoms. The lowest BCUT2D eigenvalue weighted by Crippen LogP contribution is -2.21. The molecule has 1 aliphatic rings. The van der Waals surface area contributed by atoms with Crippen LogP contribution >= 0.6 is 0 Å². The molecule has 2 rings (SSSR count). The third-order valence-corrected chi connectivity index (χ3v) is 3.01. The number of rotatable bonds is 7. The zero-order valence-corrected chi connectivity index (χ0v) is 11.4. The van der Waals surface area contributed by atoms with Gasteiger partial charge in [-0.05, 0) is 12.8 Å². The molecule has 1 fully saturated rings. The molecule has 5 N–H and O–H groups in total. The fourth-order valence-electron chi connectivity index (χ4n) is 2.04. The Hall–Kier alpha value is -2.20. The maximum absolute atomic E-state index is 11.0. The molecule has 0 bridgehead atoms. The highest BCUT2D eigenvalue weighted by Gasteiger charge is 2.23. The SMILES string of the molecule is Nc1nc(NC[C@@H]2CCCO2)nc(NCCO)c1[N+](=O)[O-]. The first-order chi connectivity index (χ1) is 10.1. The second kappa shape index (κ2) is 6.99. The number of nitrogen functional groups attached to an aromatic ring is 1. The zero-order valence-electron chi connectivity index (χ0n) is 11.4. The highest BCUT2D eigenvalue weighted by molar-refractivity contribution is 5.69. The van der Waals surface area contributed by atoms with Gasteiger partial charge in [0, 0.05) is 19.7 Å². The molecule has 116 valence electrons. The summed E-state index contributed by atoms with van der Waals surface area (Å²) in [4.78, 5) is 18.2. The molecule has 0 spiro atoms. The summed E-state index contributed by atoms with van der Waals surface area (Å²) in [6, 6.07) is 0. The van der Waals surface area contributed by atoms with Crippen LogP contribution in [-0.2, 0) is 4.74 Å². The summed E-state index contributed by atoms with van der Waals surface area (Å²) < 4.78 is 5.46. The molecule has 10 nitrogen and oxygen atoms in total. The van der Waals surface area contributed by atoms with Crippen LogP contribution in [0.1, 0.15) is 12.8 Å². The van der Waals surface area contributed by atoms with E-state index in [0.29, 0.717) is 6.54 Å². The van der Waals surface area contributed by atoms with Gasteiger partial charge in [0.25, 0.3) is 0 Å². The second-order valence-electron chi connectivity index (χ2n) is 4.55. The fourth-order valence-corrected chi connectivity index (χ4v) is 2.04. The number of nitrogens with one attached hydrogen (secondary N) is 2. The van der Waals surface area contributed by atoms with Gasteiger partial charge >= 0.3 is 5.69 Å². The third-order valence-electron chi connectivity index (χ3n) is 3.01. The highest BCUT2D eigenvalue weighted by Crippen LogP contribution is 2.28. The molecule has 1 aliphatic heterocycles. The number of ether oxygens (including phenoxy) is 1. The van der Waals surface area contributed by atoms with Crippen LogP contribution in [0.4, 0.5) is 23.3 Å². The Kier molecular flexibility index (Phi) is 5.06. The number of aromatic nitrogens is 2. The predicted octanol–water partition coefficient (Wildman–Crippen LogP) is -0.0379. The van der Waals surface area contributed by atoms with Crippen molar-refractivity contribution in [2.24, 2.45) is 0 Å². The average Bonchev–Trinajstić information content (AvgIpc) is 2.95. The summed E-state index contributed by atoms with van der Waals surface area (Å²) in [6.45, 7) is 1.19. The van der Waals surface area contributed by atoms with Crippen molar-refractivity contribution < 1.29 is 14.8 Å². The number of nitrogens with zero attached hydrogens (tertiary/aromatic N) is 3. The third kappa shape index (κ3) is 3.89. The van der Waals surface area contributed by atoms with Crippen molar-refractivity contribution in [2.75, 3.05) is 42.7 Å². The van der Waals surface area contributed by atoms with Crippen molar-refractivity contribution in [3.8, 4) is 0 Å². The molecule has 0 unspecified atom stereocenters. The van der Waals surface area contributed by atoms with Gasteiger partial charge in [-0.25, -0.2) is 0 Å². The predicted molar refractivity (Wildman–Crippen MR) is 76.1 cm³/mol. The van der Waals surface area contributed by atoms with Crippen LogP contribution in [-0.4, -0.2) is 52.4 Å². The van der Waals surface area contributed by atoms with Gasteiger partial charge in [0.15, 0.2) is 0 Å². The van der Waals surface area contributed by atoms with Gasteiger partial charge in [-0.3, -0.25) is 10.1 Å². The number of hydrogen-bond donors (Lipinski definition) is 4. The van der Waals surface area contributed by atoms with Crippen LogP contribution in [0.2, 0.25) is 0 Å². The van der Waals surface area contributed by atoms with Crippen LogP contribution in [0.5, 0.6) is 0 Å². The van der Waals surface area contributed by atoms with E-state index in [2.05, 4.69) is 20.6 Å². The standard InChI is InChI=1S/C11H18N6O4/c12-9-8(17(19)20)10(13-3-4-18)16-11(15-9)14-6-7-2-1-5-21-7/h7,18H,1-6H2,(H4,12,13,14,15,16)/t7-/m0/s1. The van der Waals surface area contributed by atoms with Crippen molar-refractivity contribution in [1.29, 1.82) is 0 Å². The van der Waals surface area contributed by atoms with Crippen LogP contribution in [0.25, 0.3) is 0 Å². The van der Waals surface area contributed by atoms with Crippen molar-refractivity contribution in [3.63, 3.8) is 0 Å². The van der Waals surface area contributed by atoms with E-state index in [9.17, 15) is 10.1 Å². The minimum absolute atomic E-state index is 0.0172. The molecule has 1 aromatic rings. The Bertz CT molecular complexity index is 506. The maximum Gasteiger partial charge on any atom is 0.353 e. The molecule has 2 heterocycles. The largest absolute Gasteiger partial charge is 0.395 e.